The first kappa shape index (κ1) is 20.4. The third-order valence-corrected chi connectivity index (χ3v) is 5.82. The van der Waals surface area contributed by atoms with Gasteiger partial charge in [-0.05, 0) is 43.0 Å². The van der Waals surface area contributed by atoms with Gasteiger partial charge in [0.05, 0.1) is 5.69 Å². The van der Waals surface area contributed by atoms with E-state index in [1.54, 1.807) is 4.90 Å². The van der Waals surface area contributed by atoms with E-state index in [2.05, 4.69) is 34.5 Å². The number of hydrogen-bond acceptors (Lipinski definition) is 4. The second-order valence-corrected chi connectivity index (χ2v) is 8.16. The van der Waals surface area contributed by atoms with Crippen LogP contribution in [0.5, 0.6) is 5.75 Å². The van der Waals surface area contributed by atoms with Crippen molar-refractivity contribution in [2.75, 3.05) is 31.1 Å². The predicted octanol–water partition coefficient (Wildman–Crippen LogP) is 2.89. The van der Waals surface area contributed by atoms with Crippen molar-refractivity contribution < 1.29 is 14.3 Å². The van der Waals surface area contributed by atoms with Gasteiger partial charge < -0.3 is 15.0 Å². The average molecular weight is 408 g/mol. The van der Waals surface area contributed by atoms with Crippen molar-refractivity contribution >= 4 is 17.5 Å². The minimum absolute atomic E-state index is 0.00413. The molecule has 4 rings (SSSR count). The van der Waals surface area contributed by atoms with Crippen molar-refractivity contribution in [2.45, 2.75) is 38.8 Å². The number of anilines is 1. The fraction of sp³-hybridized carbons (Fsp3) is 0.417. The Labute approximate surface area is 177 Å². The van der Waals surface area contributed by atoms with E-state index >= 15 is 0 Å². The zero-order chi connectivity index (χ0) is 20.9. The third kappa shape index (κ3) is 5.00. The summed E-state index contributed by atoms with van der Waals surface area (Å²) in [5, 5.41) is 3.16. The molecule has 2 amide bonds. The Bertz CT molecular complexity index is 892. The molecule has 0 spiro atoms. The van der Waals surface area contributed by atoms with Crippen molar-refractivity contribution in [2.24, 2.45) is 0 Å². The van der Waals surface area contributed by atoms with Crippen LogP contribution in [0.3, 0.4) is 0 Å². The fourth-order valence-electron chi connectivity index (χ4n) is 4.15. The maximum absolute atomic E-state index is 12.5. The average Bonchev–Trinajstić information content (AvgIpc) is 2.75. The Balaban J connectivity index is 1.24. The number of fused-ring (bicyclic) bond motifs is 1. The Morgan fingerprint density at radius 2 is 1.90 bits per heavy atom. The van der Waals surface area contributed by atoms with E-state index in [0.717, 1.165) is 43.7 Å². The molecule has 6 nitrogen and oxygen atoms in total. The molecule has 0 radical (unpaired) electrons. The van der Waals surface area contributed by atoms with Gasteiger partial charge in [0, 0.05) is 38.6 Å². The molecule has 1 N–H and O–H groups in total. The SMILES string of the molecule is Cc1ccc2c(c1)OCC(=O)N2CCC(=O)NC1CCN(Cc2ccccc2)CC1. The van der Waals surface area contributed by atoms with Crippen LogP contribution in [-0.2, 0) is 16.1 Å². The summed E-state index contributed by atoms with van der Waals surface area (Å²) in [6, 6.07) is 16.5. The molecule has 0 aliphatic carbocycles. The highest BCUT2D eigenvalue weighted by atomic mass is 16.5. The van der Waals surface area contributed by atoms with Crippen molar-refractivity contribution in [1.29, 1.82) is 0 Å². The lowest BCUT2D eigenvalue weighted by Gasteiger charge is -2.33. The maximum Gasteiger partial charge on any atom is 0.265 e. The number of ether oxygens (including phenoxy) is 1. The monoisotopic (exact) mass is 407 g/mol. The molecule has 30 heavy (non-hydrogen) atoms. The molecular formula is C24H29N3O3. The number of carbonyl (C=O) groups excluding carboxylic acids is 2. The number of nitrogens with zero attached hydrogens (tertiary/aromatic N) is 2. The molecule has 1 fully saturated rings. The van der Waals surface area contributed by atoms with Crippen LogP contribution < -0.4 is 15.0 Å². The molecule has 0 atom stereocenters. The van der Waals surface area contributed by atoms with Gasteiger partial charge in [-0.25, -0.2) is 0 Å². The van der Waals surface area contributed by atoms with Gasteiger partial charge in [0.25, 0.3) is 5.91 Å². The molecule has 2 aliphatic rings. The molecule has 0 bridgehead atoms. The van der Waals surface area contributed by atoms with Crippen LogP contribution >= 0.6 is 0 Å². The first-order valence-corrected chi connectivity index (χ1v) is 10.7. The van der Waals surface area contributed by atoms with Gasteiger partial charge in [-0.15, -0.1) is 0 Å². The normalized spacial score (nSPS) is 17.4. The summed E-state index contributed by atoms with van der Waals surface area (Å²) in [6.45, 7) is 5.31. The van der Waals surface area contributed by atoms with Gasteiger partial charge in [0.15, 0.2) is 6.61 Å². The molecule has 1 saturated heterocycles. The number of carbonyl (C=O) groups is 2. The first-order chi connectivity index (χ1) is 14.6. The molecule has 0 unspecified atom stereocenters. The lowest BCUT2D eigenvalue weighted by atomic mass is 10.0. The first-order valence-electron chi connectivity index (χ1n) is 10.7. The van der Waals surface area contributed by atoms with E-state index in [-0.39, 0.29) is 24.5 Å². The van der Waals surface area contributed by atoms with Crippen LogP contribution in [0.2, 0.25) is 0 Å². The number of benzene rings is 2. The standard InChI is InChI=1S/C24H29N3O3/c1-18-7-8-21-22(15-18)30-17-24(29)27(21)14-11-23(28)25-20-9-12-26(13-10-20)16-19-5-3-2-4-6-19/h2-8,15,20H,9-14,16-17H2,1H3,(H,25,28). The molecule has 2 aliphatic heterocycles. The zero-order valence-electron chi connectivity index (χ0n) is 17.5. The van der Waals surface area contributed by atoms with Gasteiger partial charge in [0.2, 0.25) is 5.91 Å². The summed E-state index contributed by atoms with van der Waals surface area (Å²) in [5.41, 5.74) is 3.16. The van der Waals surface area contributed by atoms with Crippen molar-refractivity contribution in [1.82, 2.24) is 10.2 Å². The summed E-state index contributed by atoms with van der Waals surface area (Å²) < 4.78 is 5.53. The van der Waals surface area contributed by atoms with E-state index in [1.807, 2.05) is 31.2 Å². The van der Waals surface area contributed by atoms with Gasteiger partial charge in [-0.3, -0.25) is 14.5 Å². The number of likely N-dealkylation sites (tertiary alicyclic amines) is 1. The largest absolute Gasteiger partial charge is 0.482 e. The summed E-state index contributed by atoms with van der Waals surface area (Å²) in [6.07, 6.45) is 2.21. The van der Waals surface area contributed by atoms with E-state index in [4.69, 9.17) is 4.74 Å². The van der Waals surface area contributed by atoms with Crippen molar-refractivity contribution in [3.05, 3.63) is 59.7 Å². The quantitative estimate of drug-likeness (QED) is 0.800. The number of aryl methyl sites for hydroxylation is 1. The second kappa shape index (κ2) is 9.30. The summed E-state index contributed by atoms with van der Waals surface area (Å²) in [7, 11) is 0. The lowest BCUT2D eigenvalue weighted by Crippen LogP contribution is -2.46. The topological polar surface area (TPSA) is 61.9 Å². The predicted molar refractivity (Wildman–Crippen MR) is 117 cm³/mol. The molecule has 2 heterocycles. The van der Waals surface area contributed by atoms with Gasteiger partial charge in [-0.2, -0.15) is 0 Å². The lowest BCUT2D eigenvalue weighted by molar-refractivity contribution is -0.122. The highest BCUT2D eigenvalue weighted by Crippen LogP contribution is 2.32. The Kier molecular flexibility index (Phi) is 6.33. The molecule has 2 aromatic carbocycles. The molecule has 2 aromatic rings. The van der Waals surface area contributed by atoms with Crippen LogP contribution in [0, 0.1) is 6.92 Å². The summed E-state index contributed by atoms with van der Waals surface area (Å²) >= 11 is 0. The molecular weight excluding hydrogens is 378 g/mol. The molecule has 6 heteroatoms. The van der Waals surface area contributed by atoms with E-state index < -0.39 is 0 Å². The number of piperidine rings is 1. The third-order valence-electron chi connectivity index (χ3n) is 5.82. The van der Waals surface area contributed by atoms with Crippen LogP contribution in [-0.4, -0.2) is 49.0 Å². The van der Waals surface area contributed by atoms with Crippen LogP contribution in [0.15, 0.2) is 48.5 Å². The molecule has 158 valence electrons. The summed E-state index contributed by atoms with van der Waals surface area (Å²) in [5.74, 6) is 0.610. The summed E-state index contributed by atoms with van der Waals surface area (Å²) in [4.78, 5) is 28.9. The Morgan fingerprint density at radius 1 is 1.13 bits per heavy atom. The van der Waals surface area contributed by atoms with Crippen LogP contribution in [0.25, 0.3) is 0 Å². The van der Waals surface area contributed by atoms with E-state index in [9.17, 15) is 9.59 Å². The molecule has 0 aromatic heterocycles. The Hall–Kier alpha value is -2.86. The zero-order valence-corrected chi connectivity index (χ0v) is 17.5. The van der Waals surface area contributed by atoms with Gasteiger partial charge in [-0.1, -0.05) is 36.4 Å². The van der Waals surface area contributed by atoms with Crippen LogP contribution in [0.4, 0.5) is 5.69 Å². The van der Waals surface area contributed by atoms with Gasteiger partial charge >= 0.3 is 0 Å². The van der Waals surface area contributed by atoms with Crippen molar-refractivity contribution in [3.8, 4) is 5.75 Å². The van der Waals surface area contributed by atoms with E-state index in [0.29, 0.717) is 18.7 Å². The fourth-order valence-corrected chi connectivity index (χ4v) is 4.15. The Morgan fingerprint density at radius 3 is 2.67 bits per heavy atom. The molecule has 0 saturated carbocycles. The van der Waals surface area contributed by atoms with Crippen molar-refractivity contribution in [3.63, 3.8) is 0 Å². The van der Waals surface area contributed by atoms with Gasteiger partial charge in [0.1, 0.15) is 5.75 Å². The maximum atomic E-state index is 12.5. The highest BCUT2D eigenvalue weighted by Gasteiger charge is 2.26. The number of rotatable bonds is 6. The van der Waals surface area contributed by atoms with Crippen LogP contribution in [0.1, 0.15) is 30.4 Å². The van der Waals surface area contributed by atoms with E-state index in [1.165, 1.54) is 5.56 Å². The highest BCUT2D eigenvalue weighted by molar-refractivity contribution is 5.98. The number of amides is 2. The smallest absolute Gasteiger partial charge is 0.265 e. The number of nitrogens with one attached hydrogen (secondary N) is 1. The minimum atomic E-state index is -0.103. The second-order valence-electron chi connectivity index (χ2n) is 8.16. The number of hydrogen-bond donors (Lipinski definition) is 1. The minimum Gasteiger partial charge on any atom is -0.482 e.